The highest BCUT2D eigenvalue weighted by molar-refractivity contribution is 6.17. The number of nitrogens with one attached hydrogen (secondary N) is 1. The number of para-hydroxylation sites is 2. The fourth-order valence-corrected chi connectivity index (χ4v) is 4.32. The molecule has 3 N–H and O–H groups in total. The number of H-pyrrole nitrogens is 1. The molecular weight excluding hydrogens is 560 g/mol. The number of aromatic amines is 1. The second-order valence-electron chi connectivity index (χ2n) is 8.65. The Labute approximate surface area is 258 Å². The van der Waals surface area contributed by atoms with Crippen LogP contribution in [0, 0.1) is 0 Å². The number of carbonyl (C=O) groups is 2. The molecule has 6 rings (SSSR count). The minimum absolute atomic E-state index is 0.325. The number of fused-ring (bicyclic) bond motifs is 2. The predicted octanol–water partition coefficient (Wildman–Crippen LogP) is 9.73. The first-order valence-electron chi connectivity index (χ1n) is 14.2. The SMILES string of the molecule is CC.CC.ClCc1ccccc1.O=C(O)c1c[nH]c2ccccc12.O=C(O)c1cn(Cc2ccccc2)c2ccccc12. The molecule has 0 bridgehead atoms. The first kappa shape index (κ1) is 34.4. The molecule has 43 heavy (non-hydrogen) atoms. The summed E-state index contributed by atoms with van der Waals surface area (Å²) >= 11 is 5.53. The minimum atomic E-state index is -0.896. The van der Waals surface area contributed by atoms with Crippen LogP contribution in [-0.4, -0.2) is 31.7 Å². The van der Waals surface area contributed by atoms with Crippen molar-refractivity contribution in [2.75, 3.05) is 0 Å². The van der Waals surface area contributed by atoms with Crippen molar-refractivity contribution in [3.63, 3.8) is 0 Å². The van der Waals surface area contributed by atoms with E-state index >= 15 is 0 Å². The van der Waals surface area contributed by atoms with E-state index in [9.17, 15) is 14.7 Å². The summed E-state index contributed by atoms with van der Waals surface area (Å²) < 4.78 is 1.98. The van der Waals surface area contributed by atoms with Crippen molar-refractivity contribution in [2.24, 2.45) is 0 Å². The average Bonchev–Trinajstić information content (AvgIpc) is 3.67. The van der Waals surface area contributed by atoms with E-state index in [1.54, 1.807) is 12.3 Å². The maximum atomic E-state index is 11.3. The van der Waals surface area contributed by atoms with Gasteiger partial charge in [0.1, 0.15) is 0 Å². The number of aromatic nitrogens is 2. The second-order valence-corrected chi connectivity index (χ2v) is 8.92. The molecule has 0 aliphatic carbocycles. The molecule has 224 valence electrons. The van der Waals surface area contributed by atoms with Gasteiger partial charge in [-0.1, -0.05) is 125 Å². The highest BCUT2D eigenvalue weighted by Gasteiger charge is 2.13. The molecule has 0 aliphatic heterocycles. The van der Waals surface area contributed by atoms with Crippen molar-refractivity contribution in [2.45, 2.75) is 40.1 Å². The summed E-state index contributed by atoms with van der Waals surface area (Å²) in [6, 6.07) is 34.9. The smallest absolute Gasteiger partial charge is 0.337 e. The highest BCUT2D eigenvalue weighted by atomic mass is 35.5. The third-order valence-electron chi connectivity index (χ3n) is 6.03. The Kier molecular flexibility index (Phi) is 14.9. The Morgan fingerprint density at radius 1 is 0.651 bits per heavy atom. The summed E-state index contributed by atoms with van der Waals surface area (Å²) in [6.07, 6.45) is 3.22. The van der Waals surface area contributed by atoms with Crippen molar-refractivity contribution in [3.8, 4) is 0 Å². The van der Waals surface area contributed by atoms with Gasteiger partial charge in [-0.25, -0.2) is 9.59 Å². The number of alkyl halides is 1. The van der Waals surface area contributed by atoms with E-state index < -0.39 is 11.9 Å². The molecule has 0 saturated heterocycles. The Bertz CT molecular complexity index is 1680. The van der Waals surface area contributed by atoms with Gasteiger partial charge in [-0.05, 0) is 23.3 Å². The lowest BCUT2D eigenvalue weighted by Gasteiger charge is -2.05. The molecule has 0 saturated carbocycles. The molecule has 0 amide bonds. The van der Waals surface area contributed by atoms with Crippen molar-refractivity contribution in [3.05, 3.63) is 144 Å². The van der Waals surface area contributed by atoms with Gasteiger partial charge in [0.05, 0.1) is 11.1 Å². The molecule has 0 radical (unpaired) electrons. The quantitative estimate of drug-likeness (QED) is 0.172. The molecule has 2 heterocycles. The van der Waals surface area contributed by atoms with Crippen molar-refractivity contribution in [1.29, 1.82) is 0 Å². The molecule has 0 atom stereocenters. The molecule has 7 heteroatoms. The number of benzene rings is 4. The van der Waals surface area contributed by atoms with Gasteiger partial charge in [0, 0.05) is 46.6 Å². The van der Waals surface area contributed by atoms with Crippen molar-refractivity contribution < 1.29 is 19.8 Å². The van der Waals surface area contributed by atoms with E-state index in [1.807, 2.05) is 135 Å². The van der Waals surface area contributed by atoms with Crippen LogP contribution >= 0.6 is 11.6 Å². The summed E-state index contributed by atoms with van der Waals surface area (Å²) in [5.41, 5.74) is 4.81. The van der Waals surface area contributed by atoms with Crippen LogP contribution < -0.4 is 0 Å². The standard InChI is InChI=1S/C16H13NO2.C9H7NO2.C7H7Cl.2C2H6/c18-16(19)14-11-17(10-12-6-2-1-3-7-12)15-9-5-4-8-13(14)15;11-9(12)7-5-10-8-4-2-1-3-6(7)8;8-6-7-4-2-1-3-5-7;2*1-2/h1-9,11H,10H2,(H,18,19);1-5,10H,(H,11,12);1-5H,6H2;2*1-2H3. The van der Waals surface area contributed by atoms with Crippen molar-refractivity contribution in [1.82, 2.24) is 9.55 Å². The van der Waals surface area contributed by atoms with Gasteiger partial charge in [0.25, 0.3) is 0 Å². The minimum Gasteiger partial charge on any atom is -0.478 e. The van der Waals surface area contributed by atoms with E-state index in [1.165, 1.54) is 11.8 Å². The van der Waals surface area contributed by atoms with E-state index in [4.69, 9.17) is 16.7 Å². The number of carboxylic acids is 2. The monoisotopic (exact) mass is 598 g/mol. The molecule has 2 aromatic heterocycles. The number of hydrogen-bond donors (Lipinski definition) is 3. The van der Waals surface area contributed by atoms with E-state index in [2.05, 4.69) is 4.98 Å². The third kappa shape index (κ3) is 9.90. The topological polar surface area (TPSA) is 95.3 Å². The van der Waals surface area contributed by atoms with Crippen LogP contribution in [-0.2, 0) is 12.4 Å². The molecular formula is C36H39ClN2O4. The fraction of sp³-hybridized carbons (Fsp3) is 0.167. The van der Waals surface area contributed by atoms with Gasteiger partial charge >= 0.3 is 11.9 Å². The van der Waals surface area contributed by atoms with Crippen LogP contribution in [0.3, 0.4) is 0 Å². The lowest BCUT2D eigenvalue weighted by atomic mass is 10.2. The zero-order valence-electron chi connectivity index (χ0n) is 25.0. The van der Waals surface area contributed by atoms with Crippen LogP contribution in [0.5, 0.6) is 0 Å². The highest BCUT2D eigenvalue weighted by Crippen LogP contribution is 2.22. The van der Waals surface area contributed by atoms with Crippen molar-refractivity contribution >= 4 is 45.3 Å². The lowest BCUT2D eigenvalue weighted by molar-refractivity contribution is 0.0688. The maximum absolute atomic E-state index is 11.3. The Hall–Kier alpha value is -4.81. The van der Waals surface area contributed by atoms with Crippen LogP contribution in [0.1, 0.15) is 59.5 Å². The Morgan fingerprint density at radius 3 is 1.67 bits per heavy atom. The normalized spacial score (nSPS) is 9.60. The average molecular weight is 599 g/mol. The van der Waals surface area contributed by atoms with Crippen LogP contribution in [0.2, 0.25) is 0 Å². The predicted molar refractivity (Wildman–Crippen MR) is 178 cm³/mol. The molecule has 6 aromatic rings. The first-order chi connectivity index (χ1) is 21.0. The van der Waals surface area contributed by atoms with Crippen LogP contribution in [0.4, 0.5) is 0 Å². The van der Waals surface area contributed by atoms with Gasteiger partial charge in [-0.3, -0.25) is 0 Å². The van der Waals surface area contributed by atoms with Gasteiger partial charge in [-0.2, -0.15) is 0 Å². The summed E-state index contributed by atoms with van der Waals surface area (Å²) in [5, 5.41) is 19.5. The summed E-state index contributed by atoms with van der Waals surface area (Å²) in [6.45, 7) is 8.68. The molecule has 0 unspecified atom stereocenters. The maximum Gasteiger partial charge on any atom is 0.337 e. The van der Waals surface area contributed by atoms with Gasteiger partial charge < -0.3 is 19.8 Å². The summed E-state index contributed by atoms with van der Waals surface area (Å²) in [7, 11) is 0. The molecule has 0 aliphatic rings. The number of rotatable bonds is 5. The van der Waals surface area contributed by atoms with Gasteiger partial charge in [0.2, 0.25) is 0 Å². The fourth-order valence-electron chi connectivity index (χ4n) is 4.14. The third-order valence-corrected chi connectivity index (χ3v) is 6.34. The first-order valence-corrected chi connectivity index (χ1v) is 14.8. The number of hydrogen-bond acceptors (Lipinski definition) is 2. The number of aromatic carboxylic acids is 2. The van der Waals surface area contributed by atoms with E-state index in [0.29, 0.717) is 23.6 Å². The molecule has 6 nitrogen and oxygen atoms in total. The lowest BCUT2D eigenvalue weighted by Crippen LogP contribution is -1.98. The molecule has 0 fully saturated rings. The number of halogens is 1. The van der Waals surface area contributed by atoms with Gasteiger partial charge in [-0.15, -0.1) is 11.6 Å². The Balaban J connectivity index is 0.000000231. The molecule has 0 spiro atoms. The largest absolute Gasteiger partial charge is 0.478 e. The zero-order chi connectivity index (χ0) is 31.6. The number of nitrogens with zero attached hydrogens (tertiary/aromatic N) is 1. The van der Waals surface area contributed by atoms with E-state index in [-0.39, 0.29) is 0 Å². The van der Waals surface area contributed by atoms with E-state index in [0.717, 1.165) is 27.4 Å². The Morgan fingerprint density at radius 2 is 1.14 bits per heavy atom. The van der Waals surface area contributed by atoms with Crippen LogP contribution in [0.15, 0.2) is 122 Å². The zero-order valence-corrected chi connectivity index (χ0v) is 25.8. The van der Waals surface area contributed by atoms with Crippen LogP contribution in [0.25, 0.3) is 21.8 Å². The van der Waals surface area contributed by atoms with Gasteiger partial charge in [0.15, 0.2) is 0 Å². The number of carboxylic acid groups (broad SMARTS) is 2. The second kappa shape index (κ2) is 18.6. The summed E-state index contributed by atoms with van der Waals surface area (Å²) in [5.74, 6) is -1.17. The summed E-state index contributed by atoms with van der Waals surface area (Å²) in [4.78, 5) is 24.8. The molecule has 4 aromatic carbocycles.